The van der Waals surface area contributed by atoms with Gasteiger partial charge in [0, 0.05) is 6.54 Å². The summed E-state index contributed by atoms with van der Waals surface area (Å²) in [6.07, 6.45) is -0.845. The molecule has 3 aromatic carbocycles. The number of nitrogens with two attached hydrogens (primary N) is 1. The molecule has 0 aliphatic heterocycles. The summed E-state index contributed by atoms with van der Waals surface area (Å²) in [5.74, 6) is 1.49. The van der Waals surface area contributed by atoms with Crippen LogP contribution in [0.5, 0.6) is 11.5 Å². The lowest BCUT2D eigenvalue weighted by molar-refractivity contribution is -0.0699. The Labute approximate surface area is 225 Å². The van der Waals surface area contributed by atoms with Crippen LogP contribution in [0.2, 0.25) is 0 Å². The zero-order valence-electron chi connectivity index (χ0n) is 22.2. The first-order valence-electron chi connectivity index (χ1n) is 12.7. The molecule has 0 fully saturated rings. The van der Waals surface area contributed by atoms with Crippen LogP contribution in [-0.4, -0.2) is 78.2 Å². The standard InChI is InChI=1S/C30H39NO7/c1-33-28-12-8-25(9-13-28)30(24-6-4-3-5-7-24,26-10-14-29(34-2)15-11-26)38-23-27(32)22-37-21-20-36-19-18-35-17-16-31/h3-15,27,32H,16-23,31H2,1-2H3. The van der Waals surface area contributed by atoms with Crippen molar-refractivity contribution in [1.29, 1.82) is 0 Å². The molecule has 0 amide bonds. The van der Waals surface area contributed by atoms with Gasteiger partial charge in [0.05, 0.1) is 60.5 Å². The number of hydrogen-bond donors (Lipinski definition) is 2. The first-order chi connectivity index (χ1) is 18.6. The van der Waals surface area contributed by atoms with Gasteiger partial charge in [-0.1, -0.05) is 54.6 Å². The van der Waals surface area contributed by atoms with Crippen molar-refractivity contribution in [1.82, 2.24) is 0 Å². The van der Waals surface area contributed by atoms with E-state index in [1.54, 1.807) is 14.2 Å². The molecule has 0 bridgehead atoms. The number of benzene rings is 3. The Morgan fingerprint density at radius 2 is 1.11 bits per heavy atom. The van der Waals surface area contributed by atoms with Crippen LogP contribution in [0.15, 0.2) is 78.9 Å². The van der Waals surface area contributed by atoms with Crippen molar-refractivity contribution in [2.75, 3.05) is 67.0 Å². The van der Waals surface area contributed by atoms with Gasteiger partial charge in [-0.25, -0.2) is 0 Å². The first kappa shape index (κ1) is 29.6. The van der Waals surface area contributed by atoms with E-state index in [4.69, 9.17) is 34.2 Å². The minimum Gasteiger partial charge on any atom is -0.497 e. The first-order valence-corrected chi connectivity index (χ1v) is 12.7. The lowest BCUT2D eigenvalue weighted by Crippen LogP contribution is -2.36. The maximum atomic E-state index is 10.8. The maximum Gasteiger partial charge on any atom is 0.143 e. The molecule has 0 saturated carbocycles. The number of aliphatic hydroxyl groups is 1. The number of hydrogen-bond acceptors (Lipinski definition) is 8. The molecule has 38 heavy (non-hydrogen) atoms. The van der Waals surface area contributed by atoms with Gasteiger partial charge in [-0.2, -0.15) is 0 Å². The average molecular weight is 526 g/mol. The van der Waals surface area contributed by atoms with Crippen LogP contribution in [0.4, 0.5) is 0 Å². The predicted octanol–water partition coefficient (Wildman–Crippen LogP) is 3.38. The molecule has 0 aromatic heterocycles. The fourth-order valence-corrected chi connectivity index (χ4v) is 4.09. The van der Waals surface area contributed by atoms with Crippen LogP contribution >= 0.6 is 0 Å². The topological polar surface area (TPSA) is 102 Å². The smallest absolute Gasteiger partial charge is 0.143 e. The summed E-state index contributed by atoms with van der Waals surface area (Å²) in [7, 11) is 3.27. The Bertz CT molecular complexity index is 981. The molecule has 1 atom stereocenters. The normalized spacial score (nSPS) is 12.3. The highest BCUT2D eigenvalue weighted by Gasteiger charge is 2.38. The van der Waals surface area contributed by atoms with Gasteiger partial charge >= 0.3 is 0 Å². The Hall–Kier alpha value is -2.98. The van der Waals surface area contributed by atoms with E-state index >= 15 is 0 Å². The molecule has 3 rings (SSSR count). The van der Waals surface area contributed by atoms with E-state index in [-0.39, 0.29) is 13.2 Å². The summed E-state index contributed by atoms with van der Waals surface area (Å²) >= 11 is 0. The molecule has 0 aliphatic rings. The Balaban J connectivity index is 1.75. The van der Waals surface area contributed by atoms with E-state index in [0.29, 0.717) is 39.6 Å². The van der Waals surface area contributed by atoms with Crippen LogP contribution in [0.3, 0.4) is 0 Å². The summed E-state index contributed by atoms with van der Waals surface area (Å²) in [6, 6.07) is 25.5. The van der Waals surface area contributed by atoms with Gasteiger partial charge in [0.1, 0.15) is 23.2 Å². The number of aliphatic hydroxyl groups excluding tert-OH is 1. The van der Waals surface area contributed by atoms with Crippen LogP contribution in [0, 0.1) is 0 Å². The monoisotopic (exact) mass is 525 g/mol. The third-order valence-corrected chi connectivity index (χ3v) is 5.98. The van der Waals surface area contributed by atoms with E-state index in [0.717, 1.165) is 28.2 Å². The van der Waals surface area contributed by atoms with Gasteiger partial charge in [0.25, 0.3) is 0 Å². The van der Waals surface area contributed by atoms with Gasteiger partial charge in [-0.3, -0.25) is 0 Å². The molecule has 0 aliphatic carbocycles. The molecule has 0 radical (unpaired) electrons. The molecule has 3 aromatic rings. The van der Waals surface area contributed by atoms with Crippen molar-refractivity contribution >= 4 is 0 Å². The van der Waals surface area contributed by atoms with Crippen molar-refractivity contribution in [3.8, 4) is 11.5 Å². The van der Waals surface area contributed by atoms with Gasteiger partial charge in [0.2, 0.25) is 0 Å². The summed E-state index contributed by atoms with van der Waals surface area (Å²) in [4.78, 5) is 0. The summed E-state index contributed by atoms with van der Waals surface area (Å²) in [5.41, 5.74) is 7.11. The molecule has 0 saturated heterocycles. The predicted molar refractivity (Wildman–Crippen MR) is 146 cm³/mol. The van der Waals surface area contributed by atoms with Gasteiger partial charge < -0.3 is 39.3 Å². The van der Waals surface area contributed by atoms with E-state index in [1.807, 2.05) is 78.9 Å². The lowest BCUT2D eigenvalue weighted by Gasteiger charge is -2.36. The number of ether oxygens (including phenoxy) is 6. The molecule has 0 heterocycles. The second kappa shape index (κ2) is 16.1. The Morgan fingerprint density at radius 3 is 1.61 bits per heavy atom. The van der Waals surface area contributed by atoms with Crippen molar-refractivity contribution < 1.29 is 33.5 Å². The van der Waals surface area contributed by atoms with E-state index in [9.17, 15) is 5.11 Å². The third kappa shape index (κ3) is 8.26. The Morgan fingerprint density at radius 1 is 0.632 bits per heavy atom. The summed E-state index contributed by atoms with van der Waals surface area (Å²) in [5, 5.41) is 10.8. The number of rotatable bonds is 18. The maximum absolute atomic E-state index is 10.8. The largest absolute Gasteiger partial charge is 0.497 e. The molecule has 8 nitrogen and oxygen atoms in total. The molecular formula is C30H39NO7. The van der Waals surface area contributed by atoms with Crippen molar-refractivity contribution in [2.45, 2.75) is 11.7 Å². The van der Waals surface area contributed by atoms with Gasteiger partial charge in [-0.05, 0) is 41.0 Å². The second-order valence-corrected chi connectivity index (χ2v) is 8.56. The number of methoxy groups -OCH3 is 2. The van der Waals surface area contributed by atoms with Crippen molar-refractivity contribution in [3.05, 3.63) is 95.6 Å². The fraction of sp³-hybridized carbons (Fsp3) is 0.400. The van der Waals surface area contributed by atoms with E-state index in [2.05, 4.69) is 0 Å². The minimum atomic E-state index is -0.993. The van der Waals surface area contributed by atoms with Gasteiger partial charge in [0.15, 0.2) is 0 Å². The quantitative estimate of drug-likeness (QED) is 0.193. The molecule has 0 spiro atoms. The molecule has 3 N–H and O–H groups in total. The SMILES string of the molecule is COc1ccc(C(OCC(O)COCCOCCOCCN)(c2ccccc2)c2ccc(OC)cc2)cc1. The zero-order chi connectivity index (χ0) is 27.1. The third-order valence-electron chi connectivity index (χ3n) is 5.98. The van der Waals surface area contributed by atoms with Crippen molar-refractivity contribution in [3.63, 3.8) is 0 Å². The highest BCUT2D eigenvalue weighted by atomic mass is 16.6. The van der Waals surface area contributed by atoms with Crippen LogP contribution in [0.1, 0.15) is 16.7 Å². The molecular weight excluding hydrogens is 486 g/mol. The van der Waals surface area contributed by atoms with Crippen LogP contribution in [-0.2, 0) is 24.5 Å². The second-order valence-electron chi connectivity index (χ2n) is 8.56. The van der Waals surface area contributed by atoms with Crippen LogP contribution < -0.4 is 15.2 Å². The van der Waals surface area contributed by atoms with Gasteiger partial charge in [-0.15, -0.1) is 0 Å². The highest BCUT2D eigenvalue weighted by molar-refractivity contribution is 5.49. The molecule has 206 valence electrons. The zero-order valence-corrected chi connectivity index (χ0v) is 22.2. The van der Waals surface area contributed by atoms with E-state index in [1.165, 1.54) is 0 Å². The van der Waals surface area contributed by atoms with Crippen molar-refractivity contribution in [2.24, 2.45) is 5.73 Å². The highest BCUT2D eigenvalue weighted by Crippen LogP contribution is 2.41. The molecule has 8 heteroatoms. The molecule has 1 unspecified atom stereocenters. The van der Waals surface area contributed by atoms with Crippen LogP contribution in [0.25, 0.3) is 0 Å². The average Bonchev–Trinajstić information content (AvgIpc) is 2.97. The minimum absolute atomic E-state index is 0.0424. The Kier molecular flexibility index (Phi) is 12.5. The fourth-order valence-electron chi connectivity index (χ4n) is 4.09. The lowest BCUT2D eigenvalue weighted by atomic mass is 9.80. The van der Waals surface area contributed by atoms with E-state index < -0.39 is 11.7 Å². The summed E-state index contributed by atoms with van der Waals surface area (Å²) in [6.45, 7) is 2.89. The summed E-state index contributed by atoms with van der Waals surface area (Å²) < 4.78 is 33.8.